The SMILES string of the molecule is CNS(=O)(=O)c1cccc(NCc2ccc(Br)cc2F)c1. The smallest absolute Gasteiger partial charge is 0.240 e. The third kappa shape index (κ3) is 4.03. The normalized spacial score (nSPS) is 11.4. The summed E-state index contributed by atoms with van der Waals surface area (Å²) in [5, 5.41) is 3.01. The highest BCUT2D eigenvalue weighted by molar-refractivity contribution is 9.10. The highest BCUT2D eigenvalue weighted by Crippen LogP contribution is 2.18. The van der Waals surface area contributed by atoms with Gasteiger partial charge in [0.2, 0.25) is 10.0 Å². The van der Waals surface area contributed by atoms with Crippen LogP contribution in [0.3, 0.4) is 0 Å². The fourth-order valence-electron chi connectivity index (χ4n) is 1.75. The topological polar surface area (TPSA) is 58.2 Å². The van der Waals surface area contributed by atoms with Crippen molar-refractivity contribution in [1.29, 1.82) is 0 Å². The third-order valence-electron chi connectivity index (χ3n) is 2.91. The van der Waals surface area contributed by atoms with E-state index in [1.165, 1.54) is 25.2 Å². The van der Waals surface area contributed by atoms with Gasteiger partial charge >= 0.3 is 0 Å². The molecule has 0 fully saturated rings. The van der Waals surface area contributed by atoms with E-state index in [0.29, 0.717) is 15.7 Å². The molecule has 112 valence electrons. The van der Waals surface area contributed by atoms with Gasteiger partial charge in [0, 0.05) is 22.3 Å². The lowest BCUT2D eigenvalue weighted by Crippen LogP contribution is -2.18. The Morgan fingerprint density at radius 1 is 1.19 bits per heavy atom. The second kappa shape index (κ2) is 6.55. The van der Waals surface area contributed by atoms with Crippen molar-refractivity contribution in [3.63, 3.8) is 0 Å². The summed E-state index contributed by atoms with van der Waals surface area (Å²) in [6.45, 7) is 0.266. The van der Waals surface area contributed by atoms with Crippen LogP contribution >= 0.6 is 15.9 Å². The Balaban J connectivity index is 2.16. The fraction of sp³-hybridized carbons (Fsp3) is 0.143. The number of halogens is 2. The van der Waals surface area contributed by atoms with E-state index in [4.69, 9.17) is 0 Å². The van der Waals surface area contributed by atoms with E-state index in [1.807, 2.05) is 0 Å². The van der Waals surface area contributed by atoms with Crippen LogP contribution in [0.5, 0.6) is 0 Å². The summed E-state index contributed by atoms with van der Waals surface area (Å²) in [6, 6.07) is 11.2. The molecule has 0 amide bonds. The van der Waals surface area contributed by atoms with Crippen molar-refractivity contribution in [2.45, 2.75) is 11.4 Å². The first-order chi connectivity index (χ1) is 9.92. The number of anilines is 1. The Labute approximate surface area is 131 Å². The Morgan fingerprint density at radius 2 is 1.95 bits per heavy atom. The van der Waals surface area contributed by atoms with E-state index in [-0.39, 0.29) is 17.3 Å². The number of hydrogen-bond donors (Lipinski definition) is 2. The summed E-state index contributed by atoms with van der Waals surface area (Å²) in [6.07, 6.45) is 0. The molecule has 2 N–H and O–H groups in total. The molecule has 0 unspecified atom stereocenters. The minimum Gasteiger partial charge on any atom is -0.381 e. The van der Waals surface area contributed by atoms with Crippen molar-refractivity contribution < 1.29 is 12.8 Å². The zero-order chi connectivity index (χ0) is 15.5. The molecule has 21 heavy (non-hydrogen) atoms. The van der Waals surface area contributed by atoms with Crippen LogP contribution in [-0.2, 0) is 16.6 Å². The van der Waals surface area contributed by atoms with Gasteiger partial charge in [-0.1, -0.05) is 28.1 Å². The summed E-state index contributed by atoms with van der Waals surface area (Å²) < 4.78 is 40.1. The van der Waals surface area contributed by atoms with Crippen LogP contribution in [0.25, 0.3) is 0 Å². The number of benzene rings is 2. The molecule has 7 heteroatoms. The van der Waals surface area contributed by atoms with Crippen molar-refractivity contribution in [3.05, 3.63) is 58.3 Å². The standard InChI is InChI=1S/C14H14BrFN2O2S/c1-17-21(19,20)13-4-2-3-12(8-13)18-9-10-5-6-11(15)7-14(10)16/h2-8,17-18H,9H2,1H3. The van der Waals surface area contributed by atoms with Gasteiger partial charge in [-0.3, -0.25) is 0 Å². The van der Waals surface area contributed by atoms with Gasteiger partial charge in [0.1, 0.15) is 5.82 Å². The molecule has 0 aliphatic carbocycles. The molecule has 0 heterocycles. The Bertz CT molecular complexity index is 750. The summed E-state index contributed by atoms with van der Waals surface area (Å²) in [7, 11) is -2.13. The second-order valence-electron chi connectivity index (χ2n) is 4.32. The van der Waals surface area contributed by atoms with Gasteiger partial charge in [0.25, 0.3) is 0 Å². The molecule has 0 aliphatic rings. The molecule has 0 saturated carbocycles. The summed E-state index contributed by atoms with van der Waals surface area (Å²) >= 11 is 3.20. The van der Waals surface area contributed by atoms with E-state index in [2.05, 4.69) is 26.0 Å². The first-order valence-electron chi connectivity index (χ1n) is 6.14. The van der Waals surface area contributed by atoms with E-state index in [9.17, 15) is 12.8 Å². The largest absolute Gasteiger partial charge is 0.381 e. The third-order valence-corrected chi connectivity index (χ3v) is 4.82. The van der Waals surface area contributed by atoms with Crippen LogP contribution in [0.1, 0.15) is 5.56 Å². The lowest BCUT2D eigenvalue weighted by atomic mass is 10.2. The van der Waals surface area contributed by atoms with Crippen molar-refractivity contribution in [2.24, 2.45) is 0 Å². The molecule has 2 aromatic rings. The van der Waals surface area contributed by atoms with Crippen molar-refractivity contribution in [2.75, 3.05) is 12.4 Å². The quantitative estimate of drug-likeness (QED) is 0.847. The van der Waals surface area contributed by atoms with E-state index in [1.54, 1.807) is 24.3 Å². The lowest BCUT2D eigenvalue weighted by molar-refractivity contribution is 0.588. The zero-order valence-electron chi connectivity index (χ0n) is 11.2. The van der Waals surface area contributed by atoms with Crippen LogP contribution in [0.2, 0.25) is 0 Å². The highest BCUT2D eigenvalue weighted by Gasteiger charge is 2.11. The molecule has 2 rings (SSSR count). The van der Waals surface area contributed by atoms with Crippen LogP contribution in [0.4, 0.5) is 10.1 Å². The minimum absolute atomic E-state index is 0.159. The molecule has 0 radical (unpaired) electrons. The van der Waals surface area contributed by atoms with Crippen LogP contribution in [0.15, 0.2) is 51.8 Å². The average Bonchev–Trinajstić information content (AvgIpc) is 2.46. The molecule has 2 aromatic carbocycles. The van der Waals surface area contributed by atoms with Gasteiger partial charge in [0.15, 0.2) is 0 Å². The van der Waals surface area contributed by atoms with Gasteiger partial charge < -0.3 is 5.32 Å². The van der Waals surface area contributed by atoms with Gasteiger partial charge in [-0.25, -0.2) is 17.5 Å². The monoisotopic (exact) mass is 372 g/mol. The average molecular weight is 373 g/mol. The predicted octanol–water partition coefficient (Wildman–Crippen LogP) is 3.11. The van der Waals surface area contributed by atoms with Crippen LogP contribution in [0, 0.1) is 5.82 Å². The molecule has 0 saturated heterocycles. The van der Waals surface area contributed by atoms with E-state index in [0.717, 1.165) is 0 Å². The maximum Gasteiger partial charge on any atom is 0.240 e. The number of sulfonamides is 1. The molecule has 0 aliphatic heterocycles. The zero-order valence-corrected chi connectivity index (χ0v) is 13.6. The molecule has 0 atom stereocenters. The Morgan fingerprint density at radius 3 is 2.62 bits per heavy atom. The first kappa shape index (κ1) is 15.9. The Kier molecular flexibility index (Phi) is 4.97. The van der Waals surface area contributed by atoms with Gasteiger partial charge in [0.05, 0.1) is 4.90 Å². The molecular formula is C14H14BrFN2O2S. The van der Waals surface area contributed by atoms with Gasteiger partial charge in [-0.2, -0.15) is 0 Å². The van der Waals surface area contributed by atoms with Crippen LogP contribution in [-0.4, -0.2) is 15.5 Å². The number of hydrogen-bond acceptors (Lipinski definition) is 3. The summed E-state index contributed by atoms with van der Waals surface area (Å²) in [5.74, 6) is -0.323. The van der Waals surface area contributed by atoms with Crippen LogP contribution < -0.4 is 10.0 Å². The van der Waals surface area contributed by atoms with E-state index < -0.39 is 10.0 Å². The van der Waals surface area contributed by atoms with Gasteiger partial charge in [-0.05, 0) is 37.4 Å². The molecule has 4 nitrogen and oxygen atoms in total. The maximum absolute atomic E-state index is 13.7. The van der Waals surface area contributed by atoms with Crippen molar-refractivity contribution in [3.8, 4) is 0 Å². The minimum atomic E-state index is -3.49. The maximum atomic E-state index is 13.7. The lowest BCUT2D eigenvalue weighted by Gasteiger charge is -2.09. The molecular weight excluding hydrogens is 359 g/mol. The van der Waals surface area contributed by atoms with Crippen molar-refractivity contribution in [1.82, 2.24) is 4.72 Å². The second-order valence-corrected chi connectivity index (χ2v) is 7.13. The number of nitrogens with one attached hydrogen (secondary N) is 2. The molecule has 0 aromatic heterocycles. The van der Waals surface area contributed by atoms with Gasteiger partial charge in [-0.15, -0.1) is 0 Å². The highest BCUT2D eigenvalue weighted by atomic mass is 79.9. The Hall–Kier alpha value is -1.44. The molecule has 0 bridgehead atoms. The van der Waals surface area contributed by atoms with Crippen molar-refractivity contribution >= 4 is 31.6 Å². The van der Waals surface area contributed by atoms with E-state index >= 15 is 0 Å². The molecule has 0 spiro atoms. The first-order valence-corrected chi connectivity index (χ1v) is 8.41. The number of rotatable bonds is 5. The predicted molar refractivity (Wildman–Crippen MR) is 84.1 cm³/mol. The summed E-state index contributed by atoms with van der Waals surface area (Å²) in [4.78, 5) is 0.159. The fourth-order valence-corrected chi connectivity index (χ4v) is 2.86. The summed E-state index contributed by atoms with van der Waals surface area (Å²) in [5.41, 5.74) is 1.11.